The highest BCUT2D eigenvalue weighted by atomic mass is 16.6. The highest BCUT2D eigenvalue weighted by Gasteiger charge is 2.25. The molecular weight excluding hydrogens is 654 g/mol. The van der Waals surface area contributed by atoms with Crippen LogP contribution in [0.15, 0.2) is 36.5 Å². The first kappa shape index (κ1) is 49.6. The lowest BCUT2D eigenvalue weighted by Gasteiger charge is -2.34. The number of unbranched alkanes of at least 4 members (excludes halogenated alkanes) is 17. The van der Waals surface area contributed by atoms with Crippen LogP contribution in [0, 0.1) is 0 Å². The van der Waals surface area contributed by atoms with E-state index in [4.69, 9.17) is 14.2 Å². The van der Waals surface area contributed by atoms with E-state index in [1.54, 1.807) is 21.1 Å². The highest BCUT2D eigenvalue weighted by molar-refractivity contribution is 5.70. The number of ether oxygens (including phenoxy) is 3. The standard InChI is InChI=1S/C44H79NO7/c1-6-8-10-12-14-16-18-19-20-21-22-23-25-27-29-31-33-35-43(47)52-40(38-50-37-36-41(44(48)49)45(3,4)5)39-51-42(46)34-32-30-28-26-24-17-15-13-11-9-7-2/h13-16,19-20,40-41H,6-12,17-18,21-39H2,1-5H3/b15-13-,16-14-,20-19-. The molecule has 2 atom stereocenters. The Labute approximate surface area is 319 Å². The Hall–Kier alpha value is -2.45. The molecular formula is C44H79NO7. The molecule has 0 heterocycles. The molecule has 8 nitrogen and oxygen atoms in total. The molecule has 302 valence electrons. The second-order valence-electron chi connectivity index (χ2n) is 15.2. The van der Waals surface area contributed by atoms with Crippen molar-refractivity contribution in [2.75, 3.05) is 41.0 Å². The van der Waals surface area contributed by atoms with Crippen LogP contribution < -0.4 is 5.11 Å². The first-order chi connectivity index (χ1) is 25.1. The van der Waals surface area contributed by atoms with Crippen LogP contribution in [-0.2, 0) is 28.6 Å². The Balaban J connectivity index is 4.38. The summed E-state index contributed by atoms with van der Waals surface area (Å²) in [7, 11) is 5.39. The van der Waals surface area contributed by atoms with Crippen molar-refractivity contribution >= 4 is 17.9 Å². The van der Waals surface area contributed by atoms with Crippen molar-refractivity contribution < 1.29 is 38.2 Å². The zero-order chi connectivity index (χ0) is 38.5. The van der Waals surface area contributed by atoms with E-state index in [0.29, 0.717) is 12.8 Å². The van der Waals surface area contributed by atoms with Gasteiger partial charge in [-0.3, -0.25) is 9.59 Å². The minimum absolute atomic E-state index is 0.0355. The third-order valence-corrected chi connectivity index (χ3v) is 9.25. The molecule has 0 spiro atoms. The molecule has 0 rings (SSSR count). The van der Waals surface area contributed by atoms with Crippen LogP contribution in [0.2, 0.25) is 0 Å². The maximum absolute atomic E-state index is 12.7. The van der Waals surface area contributed by atoms with E-state index < -0.39 is 18.1 Å². The summed E-state index contributed by atoms with van der Waals surface area (Å²) in [5, 5.41) is 11.6. The predicted octanol–water partition coefficient (Wildman–Crippen LogP) is 9.74. The van der Waals surface area contributed by atoms with Gasteiger partial charge in [-0.15, -0.1) is 0 Å². The molecule has 0 aromatic heterocycles. The van der Waals surface area contributed by atoms with Crippen molar-refractivity contribution in [1.82, 2.24) is 0 Å². The van der Waals surface area contributed by atoms with Crippen LogP contribution in [0.4, 0.5) is 0 Å². The van der Waals surface area contributed by atoms with Gasteiger partial charge in [0.1, 0.15) is 12.6 Å². The van der Waals surface area contributed by atoms with Crippen LogP contribution in [0.5, 0.6) is 0 Å². The van der Waals surface area contributed by atoms with Crippen molar-refractivity contribution in [3.05, 3.63) is 36.5 Å². The molecule has 0 saturated heterocycles. The number of rotatable bonds is 37. The lowest BCUT2D eigenvalue weighted by atomic mass is 10.1. The zero-order valence-corrected chi connectivity index (χ0v) is 34.2. The van der Waals surface area contributed by atoms with Gasteiger partial charge in [0.15, 0.2) is 6.10 Å². The molecule has 52 heavy (non-hydrogen) atoms. The monoisotopic (exact) mass is 734 g/mol. The van der Waals surface area contributed by atoms with E-state index in [1.807, 2.05) is 0 Å². The normalized spacial score (nSPS) is 13.3. The van der Waals surface area contributed by atoms with Gasteiger partial charge in [-0.2, -0.15) is 0 Å². The predicted molar refractivity (Wildman–Crippen MR) is 213 cm³/mol. The molecule has 0 aromatic carbocycles. The summed E-state index contributed by atoms with van der Waals surface area (Å²) in [6.07, 6.45) is 38.8. The third-order valence-electron chi connectivity index (χ3n) is 9.25. The van der Waals surface area contributed by atoms with Crippen molar-refractivity contribution in [3.63, 3.8) is 0 Å². The maximum atomic E-state index is 12.7. The Morgan fingerprint density at radius 1 is 0.577 bits per heavy atom. The number of nitrogens with zero attached hydrogens (tertiary/aromatic N) is 1. The number of allylic oxidation sites excluding steroid dienone is 6. The van der Waals surface area contributed by atoms with Crippen LogP contribution in [-0.4, -0.2) is 75.5 Å². The summed E-state index contributed by atoms with van der Waals surface area (Å²) in [6, 6.07) is -0.727. The number of carboxylic acids is 1. The summed E-state index contributed by atoms with van der Waals surface area (Å²) in [4.78, 5) is 36.7. The molecule has 0 amide bonds. The molecule has 0 saturated carbocycles. The third kappa shape index (κ3) is 33.4. The number of likely N-dealkylation sites (N-methyl/N-ethyl adjacent to an activating group) is 1. The van der Waals surface area contributed by atoms with E-state index in [9.17, 15) is 19.5 Å². The molecule has 0 aliphatic heterocycles. The van der Waals surface area contributed by atoms with E-state index in [0.717, 1.165) is 64.2 Å². The quantitative estimate of drug-likeness (QED) is 0.0271. The fraction of sp³-hybridized carbons (Fsp3) is 0.795. The lowest BCUT2D eigenvalue weighted by Crippen LogP contribution is -2.55. The van der Waals surface area contributed by atoms with Crippen LogP contribution >= 0.6 is 0 Å². The van der Waals surface area contributed by atoms with E-state index in [2.05, 4.69) is 50.3 Å². The zero-order valence-electron chi connectivity index (χ0n) is 34.2. The van der Waals surface area contributed by atoms with E-state index in [-0.39, 0.29) is 42.7 Å². The molecule has 2 unspecified atom stereocenters. The fourth-order valence-electron chi connectivity index (χ4n) is 5.90. The van der Waals surface area contributed by atoms with Gasteiger partial charge in [0.25, 0.3) is 0 Å². The number of carbonyl (C=O) groups is 3. The molecule has 0 aliphatic carbocycles. The Bertz CT molecular complexity index is 953. The van der Waals surface area contributed by atoms with E-state index in [1.165, 1.54) is 77.0 Å². The number of hydrogen-bond acceptors (Lipinski definition) is 7. The summed E-state index contributed by atoms with van der Waals surface area (Å²) in [5.41, 5.74) is 0. The van der Waals surface area contributed by atoms with E-state index >= 15 is 0 Å². The molecule has 8 heteroatoms. The van der Waals surface area contributed by atoms with Crippen LogP contribution in [0.3, 0.4) is 0 Å². The van der Waals surface area contributed by atoms with Gasteiger partial charge >= 0.3 is 11.9 Å². The van der Waals surface area contributed by atoms with Gasteiger partial charge in [0, 0.05) is 19.3 Å². The summed E-state index contributed by atoms with van der Waals surface area (Å²) < 4.78 is 17.1. The number of carbonyl (C=O) groups excluding carboxylic acids is 3. The Morgan fingerprint density at radius 2 is 1.04 bits per heavy atom. The smallest absolute Gasteiger partial charge is 0.306 e. The van der Waals surface area contributed by atoms with Gasteiger partial charge in [-0.05, 0) is 64.2 Å². The van der Waals surface area contributed by atoms with Gasteiger partial charge in [0.05, 0.1) is 40.3 Å². The Morgan fingerprint density at radius 3 is 1.56 bits per heavy atom. The van der Waals surface area contributed by atoms with Crippen molar-refractivity contribution in [2.45, 2.75) is 187 Å². The van der Waals surface area contributed by atoms with Crippen molar-refractivity contribution in [2.24, 2.45) is 0 Å². The maximum Gasteiger partial charge on any atom is 0.306 e. The average Bonchev–Trinajstić information content (AvgIpc) is 3.09. The summed E-state index contributed by atoms with van der Waals surface area (Å²) >= 11 is 0. The fourth-order valence-corrected chi connectivity index (χ4v) is 5.90. The molecule has 0 N–H and O–H groups in total. The molecule has 0 bridgehead atoms. The summed E-state index contributed by atoms with van der Waals surface area (Å²) in [6.45, 7) is 4.57. The molecule has 0 fully saturated rings. The van der Waals surface area contributed by atoms with Gasteiger partial charge < -0.3 is 28.6 Å². The number of hydrogen-bond donors (Lipinski definition) is 0. The van der Waals surface area contributed by atoms with Crippen molar-refractivity contribution in [3.8, 4) is 0 Å². The Kier molecular flexibility index (Phi) is 33.9. The SMILES string of the molecule is CCCC/C=C\CCCCCCCC(=O)OCC(COCCC(C(=O)[O-])[N+](C)(C)C)OC(=O)CCCCCCCCC/C=C\C/C=C\CCCCC. The first-order valence-electron chi connectivity index (χ1n) is 21.0. The second kappa shape index (κ2) is 35.6. The van der Waals surface area contributed by atoms with Gasteiger partial charge in [-0.25, -0.2) is 0 Å². The number of quaternary nitrogens is 1. The summed E-state index contributed by atoms with van der Waals surface area (Å²) in [5.74, 6) is -1.76. The largest absolute Gasteiger partial charge is 0.544 e. The van der Waals surface area contributed by atoms with Gasteiger partial charge in [0.2, 0.25) is 0 Å². The number of esters is 2. The number of aliphatic carboxylic acids is 1. The van der Waals surface area contributed by atoms with Crippen LogP contribution in [0.25, 0.3) is 0 Å². The average molecular weight is 734 g/mol. The topological polar surface area (TPSA) is 102 Å². The second-order valence-corrected chi connectivity index (χ2v) is 15.2. The minimum atomic E-state index is -1.13. The first-order valence-corrected chi connectivity index (χ1v) is 21.0. The van der Waals surface area contributed by atoms with Gasteiger partial charge in [-0.1, -0.05) is 127 Å². The highest BCUT2D eigenvalue weighted by Crippen LogP contribution is 2.13. The lowest BCUT2D eigenvalue weighted by molar-refractivity contribution is -0.889. The molecule has 0 radical (unpaired) electrons. The van der Waals surface area contributed by atoms with Crippen LogP contribution in [0.1, 0.15) is 174 Å². The minimum Gasteiger partial charge on any atom is -0.544 e. The molecule has 0 aliphatic rings. The molecule has 0 aromatic rings. The number of carboxylic acid groups (broad SMARTS) is 1. The van der Waals surface area contributed by atoms with Crippen molar-refractivity contribution in [1.29, 1.82) is 0 Å².